The van der Waals surface area contributed by atoms with Crippen LogP contribution in [-0.2, 0) is 17.8 Å². The highest BCUT2D eigenvalue weighted by Crippen LogP contribution is 2.24. The Morgan fingerprint density at radius 1 is 0.892 bits per heavy atom. The van der Waals surface area contributed by atoms with E-state index in [-0.39, 0.29) is 11.8 Å². The molecule has 0 saturated carbocycles. The number of anilines is 2. The number of aromatic nitrogens is 4. The summed E-state index contributed by atoms with van der Waals surface area (Å²) in [6, 6.07) is 13.7. The summed E-state index contributed by atoms with van der Waals surface area (Å²) < 4.78 is 21.9. The lowest BCUT2D eigenvalue weighted by molar-refractivity contribution is 0.0599. The van der Waals surface area contributed by atoms with E-state index in [4.69, 9.17) is 17.0 Å². The summed E-state index contributed by atoms with van der Waals surface area (Å²) in [4.78, 5) is 12.2. The Morgan fingerprint density at radius 3 is 2.00 bits per heavy atom. The molecule has 0 unspecified atom stereocenters. The molecule has 0 radical (unpaired) electrons. The van der Waals surface area contributed by atoms with Gasteiger partial charge in [0.05, 0.1) is 59.9 Å². The van der Waals surface area contributed by atoms with Gasteiger partial charge in [-0.05, 0) is 69.2 Å². The predicted molar refractivity (Wildman–Crippen MR) is 146 cm³/mol. The topological polar surface area (TPSA) is 86.0 Å². The number of rotatable bonds is 7. The molecule has 0 aliphatic rings. The van der Waals surface area contributed by atoms with Crippen LogP contribution in [0.15, 0.2) is 48.5 Å². The number of carbonyl (C=O) groups excluding carboxylic acids is 1. The van der Waals surface area contributed by atoms with E-state index in [0.29, 0.717) is 23.8 Å². The number of esters is 1. The molecule has 2 N–H and O–H groups in total. The summed E-state index contributed by atoms with van der Waals surface area (Å²) in [7, 11) is 1.37. The average molecular weight is 521 g/mol. The van der Waals surface area contributed by atoms with E-state index in [0.717, 1.165) is 45.3 Å². The molecule has 0 fully saturated rings. The summed E-state index contributed by atoms with van der Waals surface area (Å²) in [5.41, 5.74) is 7.24. The zero-order chi connectivity index (χ0) is 26.7. The SMILES string of the molecule is COC(=O)c1ccccc1Cn1nc(C)c(NC(=S)Nc2c(C)nn(Cc3ccc(F)cc3)c2C)c1C. The lowest BCUT2D eigenvalue weighted by Gasteiger charge is -2.12. The number of aryl methyl sites for hydroxylation is 2. The molecule has 0 aliphatic carbocycles. The third-order valence-corrected chi connectivity index (χ3v) is 6.43. The van der Waals surface area contributed by atoms with Crippen LogP contribution in [0.3, 0.4) is 0 Å². The van der Waals surface area contributed by atoms with Crippen LogP contribution in [0.2, 0.25) is 0 Å². The number of benzene rings is 2. The molecule has 37 heavy (non-hydrogen) atoms. The number of halogens is 1. The number of nitrogens with zero attached hydrogens (tertiary/aromatic N) is 4. The fraction of sp³-hybridized carbons (Fsp3) is 0.259. The van der Waals surface area contributed by atoms with Gasteiger partial charge >= 0.3 is 5.97 Å². The molecule has 2 aromatic carbocycles. The van der Waals surface area contributed by atoms with Gasteiger partial charge in [0.15, 0.2) is 5.11 Å². The van der Waals surface area contributed by atoms with Gasteiger partial charge in [-0.2, -0.15) is 10.2 Å². The number of methoxy groups -OCH3 is 1. The van der Waals surface area contributed by atoms with Gasteiger partial charge in [-0.3, -0.25) is 9.36 Å². The molecular formula is C27H29FN6O2S. The van der Waals surface area contributed by atoms with E-state index in [2.05, 4.69) is 20.8 Å². The molecule has 0 amide bonds. The van der Waals surface area contributed by atoms with Crippen molar-refractivity contribution in [2.75, 3.05) is 17.7 Å². The summed E-state index contributed by atoms with van der Waals surface area (Å²) in [5, 5.41) is 16.2. The largest absolute Gasteiger partial charge is 0.465 e. The lowest BCUT2D eigenvalue weighted by atomic mass is 10.1. The minimum absolute atomic E-state index is 0.266. The van der Waals surface area contributed by atoms with Crippen molar-refractivity contribution >= 4 is 34.7 Å². The third kappa shape index (κ3) is 5.69. The minimum Gasteiger partial charge on any atom is -0.465 e. The monoisotopic (exact) mass is 520 g/mol. The predicted octanol–water partition coefficient (Wildman–Crippen LogP) is 5.14. The fourth-order valence-corrected chi connectivity index (χ4v) is 4.42. The maximum absolute atomic E-state index is 13.2. The van der Waals surface area contributed by atoms with Gasteiger partial charge in [-0.1, -0.05) is 30.3 Å². The molecule has 0 saturated heterocycles. The van der Waals surface area contributed by atoms with E-state index in [1.165, 1.54) is 19.2 Å². The Labute approximate surface area is 220 Å². The maximum Gasteiger partial charge on any atom is 0.338 e. The first-order chi connectivity index (χ1) is 17.7. The normalized spacial score (nSPS) is 10.9. The van der Waals surface area contributed by atoms with Gasteiger partial charge < -0.3 is 15.4 Å². The average Bonchev–Trinajstić information content (AvgIpc) is 3.29. The Balaban J connectivity index is 1.49. The second-order valence-corrected chi connectivity index (χ2v) is 9.17. The molecular weight excluding hydrogens is 491 g/mol. The van der Waals surface area contributed by atoms with Crippen molar-refractivity contribution in [3.63, 3.8) is 0 Å². The minimum atomic E-state index is -0.383. The van der Waals surface area contributed by atoms with Crippen LogP contribution < -0.4 is 10.6 Å². The van der Waals surface area contributed by atoms with Gasteiger partial charge in [-0.25, -0.2) is 9.18 Å². The highest BCUT2D eigenvalue weighted by Gasteiger charge is 2.18. The van der Waals surface area contributed by atoms with Crippen LogP contribution in [0, 0.1) is 33.5 Å². The van der Waals surface area contributed by atoms with Crippen LogP contribution in [-0.4, -0.2) is 37.8 Å². The van der Waals surface area contributed by atoms with Gasteiger partial charge in [0, 0.05) is 0 Å². The van der Waals surface area contributed by atoms with Crippen molar-refractivity contribution in [1.29, 1.82) is 0 Å². The van der Waals surface area contributed by atoms with Gasteiger partial charge in [0.25, 0.3) is 0 Å². The summed E-state index contributed by atoms with van der Waals surface area (Å²) in [6.45, 7) is 8.65. The number of thiocarbonyl (C=S) groups is 1. The molecule has 8 nitrogen and oxygen atoms in total. The number of hydrogen-bond acceptors (Lipinski definition) is 5. The van der Waals surface area contributed by atoms with Gasteiger partial charge in [0.2, 0.25) is 0 Å². The van der Waals surface area contributed by atoms with Crippen LogP contribution >= 0.6 is 12.2 Å². The third-order valence-electron chi connectivity index (χ3n) is 6.23. The van der Waals surface area contributed by atoms with Crippen molar-refractivity contribution in [3.8, 4) is 0 Å². The second kappa shape index (κ2) is 10.9. The van der Waals surface area contributed by atoms with Crippen LogP contribution in [0.1, 0.15) is 44.3 Å². The van der Waals surface area contributed by atoms with Crippen LogP contribution in [0.5, 0.6) is 0 Å². The molecule has 192 valence electrons. The zero-order valence-corrected chi connectivity index (χ0v) is 22.2. The van der Waals surface area contributed by atoms with Gasteiger partial charge in [0.1, 0.15) is 5.82 Å². The highest BCUT2D eigenvalue weighted by molar-refractivity contribution is 7.80. The first kappa shape index (κ1) is 26.0. The first-order valence-electron chi connectivity index (χ1n) is 11.7. The molecule has 10 heteroatoms. The number of hydrogen-bond donors (Lipinski definition) is 2. The summed E-state index contributed by atoms with van der Waals surface area (Å²) in [6.07, 6.45) is 0. The summed E-state index contributed by atoms with van der Waals surface area (Å²) in [5.74, 6) is -0.649. The molecule has 0 atom stereocenters. The Kier molecular flexibility index (Phi) is 7.68. The van der Waals surface area contributed by atoms with Crippen LogP contribution in [0.4, 0.5) is 15.8 Å². The Hall–Kier alpha value is -4.05. The molecule has 0 aliphatic heterocycles. The Bertz CT molecular complexity index is 1460. The van der Waals surface area contributed by atoms with E-state index >= 15 is 0 Å². The molecule has 2 aromatic heterocycles. The van der Waals surface area contributed by atoms with Crippen molar-refractivity contribution in [1.82, 2.24) is 19.6 Å². The smallest absolute Gasteiger partial charge is 0.338 e. The van der Waals surface area contributed by atoms with E-state index in [9.17, 15) is 9.18 Å². The van der Waals surface area contributed by atoms with Crippen molar-refractivity contribution < 1.29 is 13.9 Å². The van der Waals surface area contributed by atoms with Crippen molar-refractivity contribution in [3.05, 3.63) is 93.8 Å². The zero-order valence-electron chi connectivity index (χ0n) is 21.4. The first-order valence-corrected chi connectivity index (χ1v) is 12.2. The second-order valence-electron chi connectivity index (χ2n) is 8.76. The summed E-state index contributed by atoms with van der Waals surface area (Å²) >= 11 is 5.62. The van der Waals surface area contributed by atoms with Crippen molar-refractivity contribution in [2.24, 2.45) is 0 Å². The molecule has 4 aromatic rings. The standard InChI is InChI=1S/C27H29FN6O2S/c1-16-24(18(3)33(31-16)14-20-10-12-22(28)13-11-20)29-27(37)30-25-17(2)32-34(19(25)4)15-21-8-6-7-9-23(21)26(35)36-5/h6-13H,14-15H2,1-5H3,(H2,29,30,37). The molecule has 0 bridgehead atoms. The maximum atomic E-state index is 13.2. The van der Waals surface area contributed by atoms with Crippen molar-refractivity contribution in [2.45, 2.75) is 40.8 Å². The number of ether oxygens (including phenoxy) is 1. The number of nitrogens with one attached hydrogen (secondary N) is 2. The van der Waals surface area contributed by atoms with Gasteiger partial charge in [-0.15, -0.1) is 0 Å². The molecule has 4 rings (SSSR count). The van der Waals surface area contributed by atoms with E-state index in [1.807, 2.05) is 49.2 Å². The quantitative estimate of drug-likeness (QED) is 0.258. The van der Waals surface area contributed by atoms with Crippen LogP contribution in [0.25, 0.3) is 0 Å². The highest BCUT2D eigenvalue weighted by atomic mass is 32.1. The fourth-order valence-electron chi connectivity index (χ4n) is 4.21. The molecule has 2 heterocycles. The molecule has 0 spiro atoms. The Morgan fingerprint density at radius 2 is 1.43 bits per heavy atom. The lowest BCUT2D eigenvalue weighted by Crippen LogP contribution is -2.21. The number of carbonyl (C=O) groups is 1. The van der Waals surface area contributed by atoms with E-state index in [1.54, 1.807) is 24.3 Å². The van der Waals surface area contributed by atoms with E-state index < -0.39 is 0 Å².